The summed E-state index contributed by atoms with van der Waals surface area (Å²) >= 11 is 0. The molecule has 0 spiro atoms. The van der Waals surface area contributed by atoms with E-state index in [1.54, 1.807) is 24.3 Å². The monoisotopic (exact) mass is 533 g/mol. The van der Waals surface area contributed by atoms with Crippen molar-refractivity contribution in [2.45, 2.75) is 36.1 Å². The Balaban J connectivity index is 0.000000153. The quantitative estimate of drug-likeness (QED) is 0.433. The molecule has 2 aromatic carbocycles. The number of aromatic nitrogens is 1. The molecule has 0 aliphatic carbocycles. The molecule has 0 saturated carbocycles. The van der Waals surface area contributed by atoms with Crippen LogP contribution >= 0.6 is 0 Å². The molecule has 36 heavy (non-hydrogen) atoms. The van der Waals surface area contributed by atoms with Gasteiger partial charge in [-0.3, -0.25) is 14.1 Å². The third-order valence-corrected chi connectivity index (χ3v) is 7.62. The van der Waals surface area contributed by atoms with Gasteiger partial charge in [0.25, 0.3) is 20.2 Å². The summed E-state index contributed by atoms with van der Waals surface area (Å²) in [5.74, 6) is 0.842. The van der Waals surface area contributed by atoms with Crippen LogP contribution < -0.4 is 10.2 Å². The Morgan fingerprint density at radius 2 is 1.36 bits per heavy atom. The van der Waals surface area contributed by atoms with Gasteiger partial charge in [0.2, 0.25) is 0 Å². The number of nitrogens with zero attached hydrogens (tertiary/aromatic N) is 2. The minimum atomic E-state index is -4.02. The SMILES string of the molecule is Cc1ccc(S(=O)(=O)O)cc1.Cc1ccc(S(=O)(=O)O)cc1.c1cncc(N2CC3CNC(C3)C2)c1. The fourth-order valence-corrected chi connectivity index (χ4v) is 4.96. The third kappa shape index (κ3) is 8.38. The van der Waals surface area contributed by atoms with Crippen molar-refractivity contribution in [3.05, 3.63) is 84.2 Å². The van der Waals surface area contributed by atoms with E-state index >= 15 is 0 Å². The van der Waals surface area contributed by atoms with Gasteiger partial charge >= 0.3 is 0 Å². The molecule has 2 aliphatic heterocycles. The molecule has 3 aromatic rings. The molecule has 3 N–H and O–H groups in total. The summed E-state index contributed by atoms with van der Waals surface area (Å²) < 4.78 is 59.1. The second-order valence-electron chi connectivity index (χ2n) is 8.90. The first-order chi connectivity index (χ1) is 16.9. The van der Waals surface area contributed by atoms with Gasteiger partial charge in [-0.2, -0.15) is 16.8 Å². The Labute approximate surface area is 212 Å². The third-order valence-electron chi connectivity index (χ3n) is 5.88. The number of anilines is 1. The Hall–Kier alpha value is -2.83. The maximum Gasteiger partial charge on any atom is 0.294 e. The van der Waals surface area contributed by atoms with E-state index in [4.69, 9.17) is 9.11 Å². The average molecular weight is 534 g/mol. The zero-order valence-electron chi connectivity index (χ0n) is 20.1. The Kier molecular flexibility index (Phi) is 9.20. The number of hydrogen-bond acceptors (Lipinski definition) is 7. The highest BCUT2D eigenvalue weighted by Gasteiger charge is 2.32. The van der Waals surface area contributed by atoms with Gasteiger partial charge in [0.05, 0.1) is 21.7 Å². The summed E-state index contributed by atoms with van der Waals surface area (Å²) in [4.78, 5) is 6.49. The molecule has 2 aliphatic rings. The van der Waals surface area contributed by atoms with Crippen LogP contribution in [0.2, 0.25) is 0 Å². The molecule has 2 unspecified atom stereocenters. The van der Waals surface area contributed by atoms with Crippen LogP contribution in [0.5, 0.6) is 0 Å². The average Bonchev–Trinajstić information content (AvgIpc) is 3.17. The van der Waals surface area contributed by atoms with E-state index in [1.807, 2.05) is 32.3 Å². The van der Waals surface area contributed by atoms with Crippen molar-refractivity contribution in [1.29, 1.82) is 0 Å². The van der Waals surface area contributed by atoms with E-state index in [2.05, 4.69) is 21.3 Å². The molecule has 2 atom stereocenters. The highest BCUT2D eigenvalue weighted by molar-refractivity contribution is 7.86. The van der Waals surface area contributed by atoms with Crippen molar-refractivity contribution in [2.75, 3.05) is 24.5 Å². The van der Waals surface area contributed by atoms with Gasteiger partial charge in [-0.15, -0.1) is 0 Å². The minimum absolute atomic E-state index is 0.0666. The van der Waals surface area contributed by atoms with Crippen LogP contribution in [-0.2, 0) is 20.2 Å². The molecule has 5 rings (SSSR count). The highest BCUT2D eigenvalue weighted by atomic mass is 32.2. The molecule has 2 saturated heterocycles. The van der Waals surface area contributed by atoms with Crippen LogP contribution in [0.3, 0.4) is 0 Å². The number of hydrogen-bond donors (Lipinski definition) is 3. The summed E-state index contributed by atoms with van der Waals surface area (Å²) in [5, 5.41) is 3.56. The van der Waals surface area contributed by atoms with Crippen molar-refractivity contribution < 1.29 is 25.9 Å². The lowest BCUT2D eigenvalue weighted by Gasteiger charge is -2.32. The molecule has 0 amide bonds. The van der Waals surface area contributed by atoms with Gasteiger partial charge in [0.15, 0.2) is 0 Å². The molecule has 11 heteroatoms. The minimum Gasteiger partial charge on any atom is -0.368 e. The normalized spacial score (nSPS) is 18.9. The first-order valence-corrected chi connectivity index (χ1v) is 14.3. The van der Waals surface area contributed by atoms with Crippen LogP contribution in [0.15, 0.2) is 82.8 Å². The molecule has 3 heterocycles. The number of benzene rings is 2. The van der Waals surface area contributed by atoms with Gasteiger partial charge in [-0.25, -0.2) is 0 Å². The highest BCUT2D eigenvalue weighted by Crippen LogP contribution is 2.26. The van der Waals surface area contributed by atoms with Gasteiger partial charge in [-0.05, 0) is 62.6 Å². The summed E-state index contributed by atoms with van der Waals surface area (Å²) in [5.41, 5.74) is 3.18. The summed E-state index contributed by atoms with van der Waals surface area (Å²) in [6, 6.07) is 16.8. The topological polar surface area (TPSA) is 137 Å². The number of rotatable bonds is 3. The van der Waals surface area contributed by atoms with E-state index in [1.165, 1.54) is 49.5 Å². The fraction of sp³-hybridized carbons (Fsp3) is 0.320. The first-order valence-electron chi connectivity index (χ1n) is 11.4. The van der Waals surface area contributed by atoms with Crippen LogP contribution in [0.25, 0.3) is 0 Å². The van der Waals surface area contributed by atoms with Crippen molar-refractivity contribution in [3.8, 4) is 0 Å². The van der Waals surface area contributed by atoms with Gasteiger partial charge in [-0.1, -0.05) is 35.4 Å². The molecule has 194 valence electrons. The lowest BCUT2D eigenvalue weighted by atomic mass is 10.00. The smallest absolute Gasteiger partial charge is 0.294 e. The predicted molar refractivity (Wildman–Crippen MR) is 138 cm³/mol. The van der Waals surface area contributed by atoms with E-state index in [0.29, 0.717) is 6.04 Å². The summed E-state index contributed by atoms with van der Waals surface area (Å²) in [6.45, 7) is 7.21. The molecular formula is C25H31N3O6S2. The number of fused-ring (bicyclic) bond motifs is 2. The second kappa shape index (κ2) is 11.9. The number of pyridine rings is 1. The molecule has 9 nitrogen and oxygen atoms in total. The zero-order chi connectivity index (χ0) is 26.3. The molecule has 2 fully saturated rings. The second-order valence-corrected chi connectivity index (χ2v) is 11.7. The van der Waals surface area contributed by atoms with Crippen molar-refractivity contribution in [1.82, 2.24) is 10.3 Å². The molecule has 2 bridgehead atoms. The first kappa shape index (κ1) is 27.8. The number of nitrogens with one attached hydrogen (secondary N) is 1. The lowest BCUT2D eigenvalue weighted by Crippen LogP contribution is -2.41. The fourth-order valence-electron chi connectivity index (χ4n) is 4.00. The predicted octanol–water partition coefficient (Wildman–Crippen LogP) is 3.36. The van der Waals surface area contributed by atoms with Crippen molar-refractivity contribution in [3.63, 3.8) is 0 Å². The zero-order valence-corrected chi connectivity index (χ0v) is 21.8. The van der Waals surface area contributed by atoms with Gasteiger partial charge < -0.3 is 10.2 Å². The van der Waals surface area contributed by atoms with E-state index in [0.717, 1.165) is 23.6 Å². The Bertz CT molecular complexity index is 1250. The Morgan fingerprint density at radius 1 is 0.833 bits per heavy atom. The summed E-state index contributed by atoms with van der Waals surface area (Å²) in [7, 11) is -8.04. The van der Waals surface area contributed by atoms with Crippen molar-refractivity contribution >= 4 is 25.9 Å². The van der Waals surface area contributed by atoms with Crippen LogP contribution in [0.1, 0.15) is 17.5 Å². The van der Waals surface area contributed by atoms with Crippen LogP contribution in [-0.4, -0.2) is 56.6 Å². The maximum atomic E-state index is 10.5. The van der Waals surface area contributed by atoms with Gasteiger partial charge in [0, 0.05) is 31.9 Å². The summed E-state index contributed by atoms with van der Waals surface area (Å²) in [6.07, 6.45) is 5.15. The van der Waals surface area contributed by atoms with E-state index in [-0.39, 0.29) is 9.79 Å². The van der Waals surface area contributed by atoms with E-state index in [9.17, 15) is 16.8 Å². The molecule has 0 radical (unpaired) electrons. The molecule has 1 aromatic heterocycles. The lowest BCUT2D eigenvalue weighted by molar-refractivity contribution is 0.474. The standard InChI is InChI=1S/C11H15N3.2C7H8O3S/c1-2-11(6-12-3-1)14-7-9-4-10(8-14)13-5-9;2*1-6-2-4-7(5-3-6)11(8,9)10/h1-3,6,9-10,13H,4-5,7-8H2;2*2-5H,1H3,(H,8,9,10). The van der Waals surface area contributed by atoms with Crippen molar-refractivity contribution in [2.24, 2.45) is 5.92 Å². The van der Waals surface area contributed by atoms with Gasteiger partial charge in [0.1, 0.15) is 0 Å². The van der Waals surface area contributed by atoms with Crippen LogP contribution in [0.4, 0.5) is 5.69 Å². The maximum absolute atomic E-state index is 10.5. The number of aryl methyl sites for hydroxylation is 2. The molecular weight excluding hydrogens is 502 g/mol. The largest absolute Gasteiger partial charge is 0.368 e. The van der Waals surface area contributed by atoms with Crippen LogP contribution in [0, 0.1) is 19.8 Å². The number of piperidine rings is 1. The van der Waals surface area contributed by atoms with E-state index < -0.39 is 20.2 Å². The Morgan fingerprint density at radius 3 is 1.78 bits per heavy atom.